The summed E-state index contributed by atoms with van der Waals surface area (Å²) in [6.45, 7) is 14.2. The van der Waals surface area contributed by atoms with E-state index in [0.717, 1.165) is 48.6 Å². The molecule has 1 atom stereocenters. The lowest BCUT2D eigenvalue weighted by Crippen LogP contribution is -2.45. The van der Waals surface area contributed by atoms with Gasteiger partial charge < -0.3 is 10.7 Å². The molecule has 0 aromatic heterocycles. The molecule has 0 radical (unpaired) electrons. The highest BCUT2D eigenvalue weighted by molar-refractivity contribution is 8.02. The van der Waals surface area contributed by atoms with Gasteiger partial charge in [-0.2, -0.15) is 0 Å². The first kappa shape index (κ1) is 26.3. The average molecular weight is 515 g/mol. The molecule has 4 nitrogen and oxygen atoms in total. The zero-order valence-electron chi connectivity index (χ0n) is 21.1. The number of fused-ring (bicyclic) bond motifs is 1. The summed E-state index contributed by atoms with van der Waals surface area (Å²) in [5.74, 6) is 0.804. The van der Waals surface area contributed by atoms with Crippen molar-refractivity contribution in [1.82, 2.24) is 4.31 Å². The van der Waals surface area contributed by atoms with Crippen LogP contribution in [0.5, 0.6) is 0 Å². The van der Waals surface area contributed by atoms with Crippen molar-refractivity contribution < 1.29 is 0 Å². The molecule has 1 saturated heterocycles. The zero-order chi connectivity index (χ0) is 25.5. The maximum absolute atomic E-state index is 8.27. The third kappa shape index (κ3) is 6.12. The molecule has 186 valence electrons. The van der Waals surface area contributed by atoms with E-state index in [9.17, 15) is 0 Å². The van der Waals surface area contributed by atoms with Crippen molar-refractivity contribution in [3.63, 3.8) is 0 Å². The molecule has 1 heterocycles. The van der Waals surface area contributed by atoms with Gasteiger partial charge in [0.25, 0.3) is 0 Å². The largest absolute Gasteiger partial charge is 0.355 e. The second kappa shape index (κ2) is 12.0. The first-order chi connectivity index (χ1) is 17.4. The van der Waals surface area contributed by atoms with E-state index in [1.165, 1.54) is 33.4 Å². The SMILES string of the molecule is C=N/C=C\SCC(=C)C12CC(C=N)=C(Nc3ccc(C)cc3)C=C1CCN(Sc1cccc(C)c1)C2. The van der Waals surface area contributed by atoms with Crippen molar-refractivity contribution in [2.75, 3.05) is 24.2 Å². The normalized spacial score (nSPS) is 20.1. The summed E-state index contributed by atoms with van der Waals surface area (Å²) in [5, 5.41) is 13.8. The molecule has 36 heavy (non-hydrogen) atoms. The molecule has 2 N–H and O–H groups in total. The number of piperidine rings is 1. The third-order valence-corrected chi connectivity index (χ3v) is 8.64. The summed E-state index contributed by atoms with van der Waals surface area (Å²) in [4.78, 5) is 5.08. The Balaban J connectivity index is 1.63. The molecule has 1 unspecified atom stereocenters. The van der Waals surface area contributed by atoms with Gasteiger partial charge in [0.2, 0.25) is 0 Å². The van der Waals surface area contributed by atoms with Gasteiger partial charge >= 0.3 is 0 Å². The fourth-order valence-corrected chi connectivity index (χ4v) is 6.70. The van der Waals surface area contributed by atoms with Crippen LogP contribution in [0.3, 0.4) is 0 Å². The molecule has 1 fully saturated rings. The molecule has 1 aliphatic heterocycles. The molecule has 0 amide bonds. The predicted octanol–water partition coefficient (Wildman–Crippen LogP) is 7.81. The lowest BCUT2D eigenvalue weighted by atomic mass is 9.65. The van der Waals surface area contributed by atoms with Gasteiger partial charge in [0.15, 0.2) is 0 Å². The number of hydrogen-bond acceptors (Lipinski definition) is 6. The summed E-state index contributed by atoms with van der Waals surface area (Å²) in [5.41, 5.74) is 7.97. The molecule has 2 aromatic rings. The number of thioether (sulfide) groups is 1. The van der Waals surface area contributed by atoms with Crippen molar-refractivity contribution in [3.05, 3.63) is 106 Å². The summed E-state index contributed by atoms with van der Waals surface area (Å²) < 4.78 is 2.48. The van der Waals surface area contributed by atoms with E-state index >= 15 is 0 Å². The smallest absolute Gasteiger partial charge is 0.0432 e. The van der Waals surface area contributed by atoms with Crippen LogP contribution < -0.4 is 5.32 Å². The van der Waals surface area contributed by atoms with Gasteiger partial charge in [-0.15, -0.1) is 11.8 Å². The number of anilines is 1. The van der Waals surface area contributed by atoms with Gasteiger partial charge in [-0.05, 0) is 92.2 Å². The number of allylic oxidation sites excluding steroid dienone is 2. The Morgan fingerprint density at radius 2 is 2.00 bits per heavy atom. The number of nitrogens with one attached hydrogen (secondary N) is 2. The summed E-state index contributed by atoms with van der Waals surface area (Å²) in [6, 6.07) is 17.1. The number of aryl methyl sites for hydroxylation is 2. The van der Waals surface area contributed by atoms with Crippen molar-refractivity contribution in [2.45, 2.75) is 31.6 Å². The summed E-state index contributed by atoms with van der Waals surface area (Å²) in [6.07, 6.45) is 7.26. The Hall–Kier alpha value is -2.80. The number of nitrogens with zero attached hydrogens (tertiary/aromatic N) is 2. The molecule has 0 bridgehead atoms. The van der Waals surface area contributed by atoms with Crippen molar-refractivity contribution in [1.29, 1.82) is 5.41 Å². The average Bonchev–Trinajstić information content (AvgIpc) is 2.87. The standard InChI is InChI=1S/C30H34N4S2/c1-22-8-10-27(11-9-22)33-29-17-26-12-14-34(36-28-7-5-6-23(2)16-28)21-30(26,18-25(29)19-31)24(3)20-35-15-13-32-4/h5-11,13,15-17,19,31,33H,3-4,12,14,18,20-21H2,1-2H3/b15-13-,31-19?. The van der Waals surface area contributed by atoms with Crippen molar-refractivity contribution in [3.8, 4) is 0 Å². The Kier molecular flexibility index (Phi) is 8.72. The van der Waals surface area contributed by atoms with E-state index in [1.807, 2.05) is 17.4 Å². The second-order valence-corrected chi connectivity index (χ2v) is 11.5. The molecular formula is C30H34N4S2. The van der Waals surface area contributed by atoms with E-state index < -0.39 is 0 Å². The first-order valence-electron chi connectivity index (χ1n) is 12.1. The minimum absolute atomic E-state index is 0.205. The Morgan fingerprint density at radius 3 is 2.72 bits per heavy atom. The van der Waals surface area contributed by atoms with Gasteiger partial charge in [-0.1, -0.05) is 47.6 Å². The van der Waals surface area contributed by atoms with Crippen LogP contribution in [0.4, 0.5) is 5.69 Å². The minimum Gasteiger partial charge on any atom is -0.355 e. The van der Waals surface area contributed by atoms with Crippen LogP contribution >= 0.6 is 23.7 Å². The van der Waals surface area contributed by atoms with E-state index in [4.69, 9.17) is 5.41 Å². The van der Waals surface area contributed by atoms with E-state index in [-0.39, 0.29) is 5.41 Å². The molecule has 2 aromatic carbocycles. The van der Waals surface area contributed by atoms with Gasteiger partial charge in [0.05, 0.1) is 0 Å². The van der Waals surface area contributed by atoms with Crippen LogP contribution in [0.25, 0.3) is 0 Å². The summed E-state index contributed by atoms with van der Waals surface area (Å²) >= 11 is 3.52. The molecular weight excluding hydrogens is 480 g/mol. The topological polar surface area (TPSA) is 51.5 Å². The monoisotopic (exact) mass is 514 g/mol. The van der Waals surface area contributed by atoms with E-state index in [2.05, 4.69) is 96.4 Å². The van der Waals surface area contributed by atoms with Gasteiger partial charge in [-0.3, -0.25) is 4.99 Å². The molecule has 1 aliphatic carbocycles. The van der Waals surface area contributed by atoms with Crippen LogP contribution in [0.2, 0.25) is 0 Å². The summed E-state index contributed by atoms with van der Waals surface area (Å²) in [7, 11) is 0. The Labute approximate surface area is 224 Å². The number of rotatable bonds is 10. The lowest BCUT2D eigenvalue weighted by Gasteiger charge is -2.48. The van der Waals surface area contributed by atoms with Gasteiger partial charge in [0, 0.05) is 53.0 Å². The van der Waals surface area contributed by atoms with E-state index in [0.29, 0.717) is 0 Å². The number of benzene rings is 2. The van der Waals surface area contributed by atoms with Crippen LogP contribution in [0, 0.1) is 24.7 Å². The minimum atomic E-state index is -0.205. The quantitative estimate of drug-likeness (QED) is 0.193. The van der Waals surface area contributed by atoms with E-state index in [1.54, 1.807) is 18.0 Å². The van der Waals surface area contributed by atoms with Crippen LogP contribution in [0.15, 0.2) is 105 Å². The Morgan fingerprint density at radius 1 is 1.19 bits per heavy atom. The Bertz CT molecular complexity index is 1230. The molecule has 2 aliphatic rings. The highest BCUT2D eigenvalue weighted by Crippen LogP contribution is 2.51. The highest BCUT2D eigenvalue weighted by Gasteiger charge is 2.44. The van der Waals surface area contributed by atoms with Gasteiger partial charge in [0.1, 0.15) is 0 Å². The van der Waals surface area contributed by atoms with Gasteiger partial charge in [-0.25, -0.2) is 4.31 Å². The number of hydrogen-bond donors (Lipinski definition) is 2. The fourth-order valence-electron chi connectivity index (χ4n) is 4.81. The maximum atomic E-state index is 8.27. The first-order valence-corrected chi connectivity index (χ1v) is 13.9. The van der Waals surface area contributed by atoms with Crippen LogP contribution in [-0.4, -0.2) is 36.1 Å². The fraction of sp³-hybridized carbons (Fsp3) is 0.267. The predicted molar refractivity (Wildman–Crippen MR) is 159 cm³/mol. The molecule has 0 saturated carbocycles. The highest BCUT2D eigenvalue weighted by atomic mass is 32.2. The van der Waals surface area contributed by atoms with Crippen LogP contribution in [0.1, 0.15) is 24.0 Å². The van der Waals surface area contributed by atoms with Crippen LogP contribution in [-0.2, 0) is 0 Å². The second-order valence-electron chi connectivity index (χ2n) is 9.41. The number of aliphatic imine (C=N–C) groups is 1. The lowest BCUT2D eigenvalue weighted by molar-refractivity contribution is 0.264. The zero-order valence-corrected chi connectivity index (χ0v) is 22.7. The molecule has 0 spiro atoms. The maximum Gasteiger partial charge on any atom is 0.0432 e. The van der Waals surface area contributed by atoms with Crippen molar-refractivity contribution in [2.24, 2.45) is 10.4 Å². The van der Waals surface area contributed by atoms with Crippen molar-refractivity contribution >= 4 is 42.3 Å². The third-order valence-electron chi connectivity index (χ3n) is 6.77. The molecule has 6 heteroatoms. The molecule has 4 rings (SSSR count).